The lowest BCUT2D eigenvalue weighted by molar-refractivity contribution is 0.0932. The van der Waals surface area contributed by atoms with Gasteiger partial charge in [0.2, 0.25) is 0 Å². The molecule has 9 heteroatoms. The summed E-state index contributed by atoms with van der Waals surface area (Å²) in [5, 5.41) is 3.60. The summed E-state index contributed by atoms with van der Waals surface area (Å²) in [6, 6.07) is 14.2. The number of thiophene rings is 1. The van der Waals surface area contributed by atoms with E-state index in [1.807, 2.05) is 24.3 Å². The summed E-state index contributed by atoms with van der Waals surface area (Å²) in [4.78, 5) is 25.2. The number of carbonyl (C=O) groups is 2. The molecule has 2 amide bonds. The quantitative estimate of drug-likeness (QED) is 0.313. The second kappa shape index (κ2) is 9.51. The highest BCUT2D eigenvalue weighted by Crippen LogP contribution is 2.34. The molecule has 0 aliphatic heterocycles. The van der Waals surface area contributed by atoms with Gasteiger partial charge in [-0.25, -0.2) is 0 Å². The summed E-state index contributed by atoms with van der Waals surface area (Å²) in [6.45, 7) is 3.84. The van der Waals surface area contributed by atoms with E-state index in [2.05, 4.69) is 22.7 Å². The van der Waals surface area contributed by atoms with E-state index in [0.717, 1.165) is 10.1 Å². The molecule has 2 aromatic carbocycles. The molecule has 0 atom stereocenters. The predicted molar refractivity (Wildman–Crippen MR) is 120 cm³/mol. The maximum Gasteiger partial charge on any atom is 0.273 e. The number of halogens is 1. The van der Waals surface area contributed by atoms with Crippen molar-refractivity contribution < 1.29 is 14.3 Å². The third-order valence-corrected chi connectivity index (χ3v) is 5.62. The SMILES string of the molecule is C=CCOc1ccccc1C(=O)NNC(=S)NC(=O)c1sc2ccccc2c1Cl. The van der Waals surface area contributed by atoms with E-state index in [9.17, 15) is 9.59 Å². The highest BCUT2D eigenvalue weighted by Gasteiger charge is 2.18. The van der Waals surface area contributed by atoms with Crippen molar-refractivity contribution in [2.75, 3.05) is 6.61 Å². The summed E-state index contributed by atoms with van der Waals surface area (Å²) in [7, 11) is 0. The second-order valence-corrected chi connectivity index (χ2v) is 7.54. The molecule has 3 N–H and O–H groups in total. The molecule has 148 valence electrons. The first-order chi connectivity index (χ1) is 14.0. The van der Waals surface area contributed by atoms with Gasteiger partial charge in [0.05, 0.1) is 10.6 Å². The van der Waals surface area contributed by atoms with Gasteiger partial charge in [0.1, 0.15) is 17.2 Å². The number of benzene rings is 2. The lowest BCUT2D eigenvalue weighted by Crippen LogP contribution is -2.48. The minimum atomic E-state index is -0.471. The second-order valence-electron chi connectivity index (χ2n) is 5.70. The molecule has 0 bridgehead atoms. The van der Waals surface area contributed by atoms with Crippen LogP contribution in [-0.4, -0.2) is 23.5 Å². The lowest BCUT2D eigenvalue weighted by atomic mass is 10.2. The molecular weight excluding hydrogens is 430 g/mol. The zero-order valence-electron chi connectivity index (χ0n) is 15.0. The van der Waals surface area contributed by atoms with Crippen LogP contribution in [0.1, 0.15) is 20.0 Å². The highest BCUT2D eigenvalue weighted by molar-refractivity contribution is 7.80. The number of carbonyl (C=O) groups excluding carboxylic acids is 2. The maximum absolute atomic E-state index is 12.5. The van der Waals surface area contributed by atoms with E-state index in [-0.39, 0.29) is 11.7 Å². The fourth-order valence-electron chi connectivity index (χ4n) is 2.46. The smallest absolute Gasteiger partial charge is 0.273 e. The van der Waals surface area contributed by atoms with Crippen molar-refractivity contribution in [2.45, 2.75) is 0 Å². The number of nitrogens with one attached hydrogen (secondary N) is 3. The molecule has 0 aliphatic carbocycles. The van der Waals surface area contributed by atoms with Crippen LogP contribution in [0.25, 0.3) is 10.1 Å². The molecule has 0 radical (unpaired) electrons. The van der Waals surface area contributed by atoms with Gasteiger partial charge in [0, 0.05) is 10.1 Å². The number of amides is 2. The molecular formula is C20H16ClN3O3S2. The van der Waals surface area contributed by atoms with Crippen LogP contribution in [0.4, 0.5) is 0 Å². The molecule has 1 aromatic heterocycles. The van der Waals surface area contributed by atoms with Crippen LogP contribution in [0.3, 0.4) is 0 Å². The Labute approximate surface area is 181 Å². The maximum atomic E-state index is 12.5. The number of thiocarbonyl (C=S) groups is 1. The van der Waals surface area contributed by atoms with Crippen LogP contribution < -0.4 is 20.9 Å². The molecule has 0 aliphatic rings. The third-order valence-electron chi connectivity index (χ3n) is 3.75. The van der Waals surface area contributed by atoms with Crippen molar-refractivity contribution >= 4 is 62.2 Å². The minimum Gasteiger partial charge on any atom is -0.489 e. The van der Waals surface area contributed by atoms with Crippen LogP contribution in [0, 0.1) is 0 Å². The standard InChI is InChI=1S/C20H16ClN3O3S2/c1-2-11-27-14-9-5-3-7-12(14)18(25)23-24-20(28)22-19(26)17-16(21)13-8-4-6-10-15(13)29-17/h2-10H,1,11H2,(H,23,25)(H2,22,24,26,28). The van der Waals surface area contributed by atoms with Crippen LogP contribution in [0.5, 0.6) is 5.75 Å². The van der Waals surface area contributed by atoms with E-state index in [1.54, 1.807) is 30.3 Å². The van der Waals surface area contributed by atoms with Gasteiger partial charge in [-0.15, -0.1) is 11.3 Å². The van der Waals surface area contributed by atoms with Gasteiger partial charge in [0.15, 0.2) is 5.11 Å². The van der Waals surface area contributed by atoms with E-state index >= 15 is 0 Å². The molecule has 0 unspecified atom stereocenters. The Kier molecular flexibility index (Phi) is 6.82. The van der Waals surface area contributed by atoms with Gasteiger partial charge < -0.3 is 4.74 Å². The zero-order valence-corrected chi connectivity index (χ0v) is 17.4. The molecule has 0 saturated heterocycles. The number of para-hydroxylation sites is 1. The molecule has 29 heavy (non-hydrogen) atoms. The third kappa shape index (κ3) is 4.92. The fourth-order valence-corrected chi connectivity index (χ4v) is 4.02. The molecule has 0 fully saturated rings. The Morgan fingerprint density at radius 3 is 2.59 bits per heavy atom. The molecule has 1 heterocycles. The molecule has 3 aromatic rings. The van der Waals surface area contributed by atoms with E-state index in [4.69, 9.17) is 28.6 Å². The molecule has 6 nitrogen and oxygen atoms in total. The summed E-state index contributed by atoms with van der Waals surface area (Å²) in [5.41, 5.74) is 5.25. The van der Waals surface area contributed by atoms with Crippen molar-refractivity contribution in [2.24, 2.45) is 0 Å². The Balaban J connectivity index is 1.61. The van der Waals surface area contributed by atoms with Crippen LogP contribution >= 0.6 is 35.2 Å². The number of fused-ring (bicyclic) bond motifs is 1. The van der Waals surface area contributed by atoms with Crippen molar-refractivity contribution in [1.82, 2.24) is 16.2 Å². The summed E-state index contributed by atoms with van der Waals surface area (Å²) < 4.78 is 6.35. The largest absolute Gasteiger partial charge is 0.489 e. The average Bonchev–Trinajstić information content (AvgIpc) is 3.07. The molecule has 3 rings (SSSR count). The summed E-state index contributed by atoms with van der Waals surface area (Å²) in [5.74, 6) is -0.530. The fraction of sp³-hybridized carbons (Fsp3) is 0.0500. The Hall–Kier alpha value is -2.94. The Morgan fingerprint density at radius 1 is 1.10 bits per heavy atom. The molecule has 0 spiro atoms. The lowest BCUT2D eigenvalue weighted by Gasteiger charge is -2.13. The number of rotatable bonds is 5. The first kappa shape index (κ1) is 20.8. The summed E-state index contributed by atoms with van der Waals surface area (Å²) in [6.07, 6.45) is 1.58. The topological polar surface area (TPSA) is 79.5 Å². The number of ether oxygens (including phenoxy) is 1. The van der Waals surface area contributed by atoms with E-state index < -0.39 is 11.8 Å². The predicted octanol–water partition coefficient (Wildman–Crippen LogP) is 4.07. The monoisotopic (exact) mass is 445 g/mol. The highest BCUT2D eigenvalue weighted by atomic mass is 35.5. The Morgan fingerprint density at radius 2 is 1.83 bits per heavy atom. The van der Waals surface area contributed by atoms with Gasteiger partial charge in [-0.3, -0.25) is 25.8 Å². The van der Waals surface area contributed by atoms with Crippen molar-refractivity contribution in [1.29, 1.82) is 0 Å². The molecule has 0 saturated carbocycles. The number of hydrazine groups is 1. The minimum absolute atomic E-state index is 0.0682. The number of hydrogen-bond acceptors (Lipinski definition) is 5. The van der Waals surface area contributed by atoms with Crippen molar-refractivity contribution in [3.8, 4) is 5.75 Å². The van der Waals surface area contributed by atoms with Gasteiger partial charge in [0.25, 0.3) is 11.8 Å². The van der Waals surface area contributed by atoms with Crippen LogP contribution in [0.15, 0.2) is 61.2 Å². The van der Waals surface area contributed by atoms with Crippen molar-refractivity contribution in [3.63, 3.8) is 0 Å². The van der Waals surface area contributed by atoms with Gasteiger partial charge in [-0.1, -0.05) is 54.6 Å². The zero-order chi connectivity index (χ0) is 20.8. The van der Waals surface area contributed by atoms with Crippen molar-refractivity contribution in [3.05, 3.63) is 76.6 Å². The summed E-state index contributed by atoms with van der Waals surface area (Å²) >= 11 is 12.6. The Bertz CT molecular complexity index is 1100. The van der Waals surface area contributed by atoms with Crippen LogP contribution in [-0.2, 0) is 0 Å². The van der Waals surface area contributed by atoms with E-state index in [0.29, 0.717) is 21.2 Å². The normalized spacial score (nSPS) is 10.2. The van der Waals surface area contributed by atoms with Crippen LogP contribution in [0.2, 0.25) is 5.02 Å². The van der Waals surface area contributed by atoms with Gasteiger partial charge in [-0.05, 0) is 30.4 Å². The first-order valence-corrected chi connectivity index (χ1v) is 10.0. The first-order valence-electron chi connectivity index (χ1n) is 8.42. The number of hydrogen-bond donors (Lipinski definition) is 3. The van der Waals surface area contributed by atoms with E-state index in [1.165, 1.54) is 11.3 Å². The average molecular weight is 446 g/mol. The van der Waals surface area contributed by atoms with Gasteiger partial charge in [-0.2, -0.15) is 0 Å². The van der Waals surface area contributed by atoms with Gasteiger partial charge >= 0.3 is 0 Å².